The van der Waals surface area contributed by atoms with Crippen LogP contribution >= 0.6 is 11.3 Å². The van der Waals surface area contributed by atoms with E-state index in [0.29, 0.717) is 6.04 Å². The smallest absolute Gasteiger partial charge is 0.160 e. The number of fused-ring (bicyclic) bond motifs is 1. The lowest BCUT2D eigenvalue weighted by Gasteiger charge is -2.24. The van der Waals surface area contributed by atoms with Gasteiger partial charge >= 0.3 is 0 Å². The van der Waals surface area contributed by atoms with Gasteiger partial charge in [-0.2, -0.15) is 11.3 Å². The second-order valence-electron chi connectivity index (χ2n) is 4.80. The minimum Gasteiger partial charge on any atom is -0.313 e. The monoisotopic (exact) mass is 259 g/mol. The number of aromatic nitrogens is 2. The van der Waals surface area contributed by atoms with E-state index in [1.54, 1.807) is 11.3 Å². The molecule has 2 aromatic rings. The molecular formula is C14H17N3S. The standard InChI is InChI=1S/C14H17N3S/c1-9-7-18-8-11(9)14-16-6-10-12(15-2)4-3-5-13(10)17-14/h6-8,12,15H,3-5H2,1-2H3. The molecule has 1 N–H and O–H groups in total. The second kappa shape index (κ2) is 4.78. The lowest BCUT2D eigenvalue weighted by Crippen LogP contribution is -2.22. The Morgan fingerprint density at radius 1 is 1.39 bits per heavy atom. The van der Waals surface area contributed by atoms with Gasteiger partial charge in [0.25, 0.3) is 0 Å². The van der Waals surface area contributed by atoms with Crippen LogP contribution in [0.4, 0.5) is 0 Å². The van der Waals surface area contributed by atoms with Crippen LogP contribution in [-0.4, -0.2) is 17.0 Å². The Hall–Kier alpha value is -1.26. The van der Waals surface area contributed by atoms with Crippen LogP contribution in [0.25, 0.3) is 11.4 Å². The normalized spacial score (nSPS) is 18.7. The quantitative estimate of drug-likeness (QED) is 0.900. The Morgan fingerprint density at radius 3 is 3.00 bits per heavy atom. The van der Waals surface area contributed by atoms with Gasteiger partial charge in [-0.3, -0.25) is 0 Å². The molecule has 0 bridgehead atoms. The summed E-state index contributed by atoms with van der Waals surface area (Å²) in [4.78, 5) is 9.32. The highest BCUT2D eigenvalue weighted by Crippen LogP contribution is 2.30. The maximum atomic E-state index is 4.77. The van der Waals surface area contributed by atoms with Gasteiger partial charge in [-0.15, -0.1) is 0 Å². The third kappa shape index (κ3) is 1.95. The fraction of sp³-hybridized carbons (Fsp3) is 0.429. The van der Waals surface area contributed by atoms with Crippen molar-refractivity contribution in [2.45, 2.75) is 32.2 Å². The van der Waals surface area contributed by atoms with E-state index < -0.39 is 0 Å². The molecule has 0 saturated heterocycles. The average Bonchev–Trinajstić information content (AvgIpc) is 2.83. The van der Waals surface area contributed by atoms with Gasteiger partial charge in [0.2, 0.25) is 0 Å². The summed E-state index contributed by atoms with van der Waals surface area (Å²) in [5.41, 5.74) is 4.94. The average molecular weight is 259 g/mol. The molecule has 2 aromatic heterocycles. The molecule has 18 heavy (non-hydrogen) atoms. The summed E-state index contributed by atoms with van der Waals surface area (Å²) in [7, 11) is 2.01. The molecule has 0 spiro atoms. The van der Waals surface area contributed by atoms with Gasteiger partial charge < -0.3 is 5.32 Å². The molecule has 0 aromatic carbocycles. The molecule has 1 aliphatic carbocycles. The fourth-order valence-corrected chi connectivity index (χ4v) is 3.39. The Bertz CT molecular complexity index is 562. The van der Waals surface area contributed by atoms with Crippen molar-refractivity contribution in [3.05, 3.63) is 33.8 Å². The summed E-state index contributed by atoms with van der Waals surface area (Å²) >= 11 is 1.71. The third-order valence-electron chi connectivity index (χ3n) is 3.63. The lowest BCUT2D eigenvalue weighted by molar-refractivity contribution is 0.488. The zero-order valence-corrected chi connectivity index (χ0v) is 11.5. The van der Waals surface area contributed by atoms with Gasteiger partial charge in [-0.05, 0) is 44.2 Å². The molecule has 3 rings (SSSR count). The van der Waals surface area contributed by atoms with Crippen molar-refractivity contribution in [2.24, 2.45) is 0 Å². The van der Waals surface area contributed by atoms with Crippen LogP contribution in [0.5, 0.6) is 0 Å². The molecule has 0 aliphatic heterocycles. The first-order valence-corrected chi connectivity index (χ1v) is 7.30. The van der Waals surface area contributed by atoms with Crippen LogP contribution in [0.2, 0.25) is 0 Å². The molecule has 0 amide bonds. The first kappa shape index (κ1) is 11.8. The van der Waals surface area contributed by atoms with Crippen LogP contribution in [-0.2, 0) is 6.42 Å². The minimum absolute atomic E-state index is 0.423. The first-order valence-electron chi connectivity index (χ1n) is 6.36. The molecular weight excluding hydrogens is 242 g/mol. The van der Waals surface area contributed by atoms with Gasteiger partial charge in [0, 0.05) is 34.4 Å². The number of thiophene rings is 1. The van der Waals surface area contributed by atoms with Crippen LogP contribution in [0, 0.1) is 6.92 Å². The Labute approximate surface area is 111 Å². The molecule has 2 heterocycles. The van der Waals surface area contributed by atoms with E-state index in [1.807, 2.05) is 13.2 Å². The summed E-state index contributed by atoms with van der Waals surface area (Å²) in [6.45, 7) is 2.12. The summed E-state index contributed by atoms with van der Waals surface area (Å²) in [5.74, 6) is 0.879. The Balaban J connectivity index is 2.04. The highest BCUT2D eigenvalue weighted by Gasteiger charge is 2.21. The van der Waals surface area contributed by atoms with Crippen molar-refractivity contribution in [1.29, 1.82) is 0 Å². The highest BCUT2D eigenvalue weighted by molar-refractivity contribution is 7.08. The van der Waals surface area contributed by atoms with Crippen molar-refractivity contribution in [3.8, 4) is 11.4 Å². The molecule has 0 fully saturated rings. The first-order chi connectivity index (χ1) is 8.79. The number of hydrogen-bond donors (Lipinski definition) is 1. The summed E-state index contributed by atoms with van der Waals surface area (Å²) < 4.78 is 0. The van der Waals surface area contributed by atoms with E-state index in [4.69, 9.17) is 4.98 Å². The highest BCUT2D eigenvalue weighted by atomic mass is 32.1. The fourth-order valence-electron chi connectivity index (χ4n) is 2.57. The maximum absolute atomic E-state index is 4.77. The van der Waals surface area contributed by atoms with Crippen molar-refractivity contribution in [1.82, 2.24) is 15.3 Å². The van der Waals surface area contributed by atoms with Crippen molar-refractivity contribution in [2.75, 3.05) is 7.05 Å². The Morgan fingerprint density at radius 2 is 2.28 bits per heavy atom. The SMILES string of the molecule is CNC1CCCc2nc(-c3cscc3C)ncc21. The van der Waals surface area contributed by atoms with Crippen LogP contribution in [0.15, 0.2) is 17.0 Å². The minimum atomic E-state index is 0.423. The zero-order valence-electron chi connectivity index (χ0n) is 10.7. The lowest BCUT2D eigenvalue weighted by atomic mass is 9.92. The van der Waals surface area contributed by atoms with E-state index >= 15 is 0 Å². The summed E-state index contributed by atoms with van der Waals surface area (Å²) in [5, 5.41) is 7.63. The van der Waals surface area contributed by atoms with Crippen LogP contribution in [0.1, 0.15) is 35.7 Å². The number of aryl methyl sites for hydroxylation is 2. The molecule has 3 nitrogen and oxygen atoms in total. The molecule has 1 atom stereocenters. The van der Waals surface area contributed by atoms with E-state index in [2.05, 4.69) is 28.0 Å². The topological polar surface area (TPSA) is 37.8 Å². The van der Waals surface area contributed by atoms with Gasteiger partial charge in [0.15, 0.2) is 5.82 Å². The predicted octanol–water partition coefficient (Wildman–Crippen LogP) is 3.11. The molecule has 1 aliphatic rings. The maximum Gasteiger partial charge on any atom is 0.160 e. The summed E-state index contributed by atoms with van der Waals surface area (Å²) in [6.07, 6.45) is 5.47. The molecule has 0 radical (unpaired) electrons. The Kier molecular flexibility index (Phi) is 3.14. The summed E-state index contributed by atoms with van der Waals surface area (Å²) in [6, 6.07) is 0.423. The number of nitrogens with one attached hydrogen (secondary N) is 1. The number of rotatable bonds is 2. The van der Waals surface area contributed by atoms with E-state index in [-0.39, 0.29) is 0 Å². The molecule has 1 unspecified atom stereocenters. The van der Waals surface area contributed by atoms with E-state index in [1.165, 1.54) is 35.2 Å². The van der Waals surface area contributed by atoms with Gasteiger partial charge in [0.05, 0.1) is 0 Å². The van der Waals surface area contributed by atoms with Crippen molar-refractivity contribution < 1.29 is 0 Å². The predicted molar refractivity (Wildman–Crippen MR) is 74.8 cm³/mol. The largest absolute Gasteiger partial charge is 0.313 e. The molecule has 94 valence electrons. The van der Waals surface area contributed by atoms with E-state index in [0.717, 1.165) is 12.2 Å². The van der Waals surface area contributed by atoms with Crippen LogP contribution < -0.4 is 5.32 Å². The number of hydrogen-bond acceptors (Lipinski definition) is 4. The zero-order chi connectivity index (χ0) is 12.5. The molecule has 4 heteroatoms. The van der Waals surface area contributed by atoms with Crippen LogP contribution in [0.3, 0.4) is 0 Å². The third-order valence-corrected chi connectivity index (χ3v) is 4.49. The number of nitrogens with zero attached hydrogens (tertiary/aromatic N) is 2. The van der Waals surface area contributed by atoms with Crippen molar-refractivity contribution >= 4 is 11.3 Å². The van der Waals surface area contributed by atoms with Crippen molar-refractivity contribution in [3.63, 3.8) is 0 Å². The van der Waals surface area contributed by atoms with Gasteiger partial charge in [-0.25, -0.2) is 9.97 Å². The van der Waals surface area contributed by atoms with Gasteiger partial charge in [0.1, 0.15) is 0 Å². The second-order valence-corrected chi connectivity index (χ2v) is 5.54. The van der Waals surface area contributed by atoms with Gasteiger partial charge in [-0.1, -0.05) is 0 Å². The van der Waals surface area contributed by atoms with E-state index in [9.17, 15) is 0 Å². The molecule has 0 saturated carbocycles.